The Balaban J connectivity index is 0.00000256. The zero-order valence-corrected chi connectivity index (χ0v) is 11.2. The van der Waals surface area contributed by atoms with Crippen molar-refractivity contribution in [3.8, 4) is 5.75 Å². The molecular formula is C13H22ClNO2. The lowest BCUT2D eigenvalue weighted by molar-refractivity contribution is 0.104. The molecule has 1 aromatic carbocycles. The van der Waals surface area contributed by atoms with Crippen LogP contribution >= 0.6 is 12.4 Å². The zero-order valence-electron chi connectivity index (χ0n) is 10.4. The molecule has 3 nitrogen and oxygen atoms in total. The molecule has 17 heavy (non-hydrogen) atoms. The van der Waals surface area contributed by atoms with E-state index >= 15 is 0 Å². The molecule has 0 radical (unpaired) electrons. The topological polar surface area (TPSA) is 41.5 Å². The van der Waals surface area contributed by atoms with Gasteiger partial charge in [0.05, 0.1) is 0 Å². The number of para-hydroxylation sites is 1. The first-order valence-electron chi connectivity index (χ1n) is 5.81. The largest absolute Gasteiger partial charge is 0.491 e. The van der Waals surface area contributed by atoms with Gasteiger partial charge < -0.3 is 15.2 Å². The van der Waals surface area contributed by atoms with Gasteiger partial charge in [-0.1, -0.05) is 25.1 Å². The number of nitrogens with one attached hydrogen (secondary N) is 1. The van der Waals surface area contributed by atoms with Gasteiger partial charge in [-0.15, -0.1) is 12.4 Å². The van der Waals surface area contributed by atoms with Crippen molar-refractivity contribution in [1.82, 2.24) is 5.32 Å². The van der Waals surface area contributed by atoms with E-state index in [0.717, 1.165) is 12.2 Å². The Bertz CT molecular complexity index is 282. The molecule has 0 saturated carbocycles. The van der Waals surface area contributed by atoms with E-state index in [1.54, 1.807) is 0 Å². The van der Waals surface area contributed by atoms with Crippen molar-refractivity contribution in [2.75, 3.05) is 13.2 Å². The lowest BCUT2D eigenvalue weighted by Crippen LogP contribution is -2.36. The molecule has 0 spiro atoms. The molecule has 0 amide bonds. The van der Waals surface area contributed by atoms with Gasteiger partial charge in [0.15, 0.2) is 0 Å². The van der Waals surface area contributed by atoms with Crippen molar-refractivity contribution in [3.05, 3.63) is 30.3 Å². The smallest absolute Gasteiger partial charge is 0.119 e. The molecule has 0 aromatic heterocycles. The summed E-state index contributed by atoms with van der Waals surface area (Å²) in [4.78, 5) is 0. The van der Waals surface area contributed by atoms with Crippen LogP contribution in [0.2, 0.25) is 0 Å². The van der Waals surface area contributed by atoms with Gasteiger partial charge in [-0.25, -0.2) is 0 Å². The molecule has 0 heterocycles. The molecule has 0 aliphatic carbocycles. The van der Waals surface area contributed by atoms with Crippen molar-refractivity contribution < 1.29 is 9.84 Å². The lowest BCUT2D eigenvalue weighted by Gasteiger charge is -2.16. The maximum absolute atomic E-state index is 9.67. The van der Waals surface area contributed by atoms with Crippen LogP contribution in [-0.2, 0) is 0 Å². The minimum absolute atomic E-state index is 0. The first kappa shape index (κ1) is 16.2. The fourth-order valence-electron chi connectivity index (χ4n) is 1.25. The third kappa shape index (κ3) is 7.21. The highest BCUT2D eigenvalue weighted by molar-refractivity contribution is 5.85. The highest BCUT2D eigenvalue weighted by Gasteiger charge is 2.06. The minimum Gasteiger partial charge on any atom is -0.491 e. The highest BCUT2D eigenvalue weighted by atomic mass is 35.5. The Hall–Kier alpha value is -0.770. The van der Waals surface area contributed by atoms with Crippen molar-refractivity contribution in [2.24, 2.45) is 0 Å². The summed E-state index contributed by atoms with van der Waals surface area (Å²) in [5.74, 6) is 0.796. The van der Waals surface area contributed by atoms with E-state index in [9.17, 15) is 5.11 Å². The predicted octanol–water partition coefficient (Wildman–Crippen LogP) is 2.24. The molecule has 2 unspecified atom stereocenters. The van der Waals surface area contributed by atoms with E-state index in [2.05, 4.69) is 19.2 Å². The van der Waals surface area contributed by atoms with Gasteiger partial charge in [-0.3, -0.25) is 0 Å². The Morgan fingerprint density at radius 3 is 2.53 bits per heavy atom. The second-order valence-corrected chi connectivity index (χ2v) is 4.00. The van der Waals surface area contributed by atoms with E-state index in [0.29, 0.717) is 19.2 Å². The van der Waals surface area contributed by atoms with E-state index in [1.165, 1.54) is 0 Å². The number of aliphatic hydroxyl groups is 1. The number of rotatable bonds is 7. The molecule has 2 atom stereocenters. The van der Waals surface area contributed by atoms with Crippen molar-refractivity contribution in [3.63, 3.8) is 0 Å². The highest BCUT2D eigenvalue weighted by Crippen LogP contribution is 2.08. The molecule has 0 aliphatic rings. The molecule has 1 rings (SSSR count). The van der Waals surface area contributed by atoms with Crippen LogP contribution in [0.25, 0.3) is 0 Å². The molecule has 4 heteroatoms. The molecule has 2 N–H and O–H groups in total. The Morgan fingerprint density at radius 1 is 1.29 bits per heavy atom. The first-order valence-corrected chi connectivity index (χ1v) is 5.81. The van der Waals surface area contributed by atoms with Gasteiger partial charge in [-0.2, -0.15) is 0 Å². The second kappa shape index (κ2) is 9.28. The third-order valence-corrected chi connectivity index (χ3v) is 2.50. The average molecular weight is 260 g/mol. The summed E-state index contributed by atoms with van der Waals surface area (Å²) in [5.41, 5.74) is 0. The summed E-state index contributed by atoms with van der Waals surface area (Å²) in [5, 5.41) is 12.9. The number of halogens is 1. The van der Waals surface area contributed by atoms with Gasteiger partial charge in [0.2, 0.25) is 0 Å². The molecule has 0 bridgehead atoms. The first-order chi connectivity index (χ1) is 7.72. The minimum atomic E-state index is -0.464. The van der Waals surface area contributed by atoms with Crippen LogP contribution in [0.3, 0.4) is 0 Å². The van der Waals surface area contributed by atoms with E-state index in [4.69, 9.17) is 4.74 Å². The van der Waals surface area contributed by atoms with E-state index in [1.807, 2.05) is 30.3 Å². The average Bonchev–Trinajstić information content (AvgIpc) is 2.34. The summed E-state index contributed by atoms with van der Waals surface area (Å²) in [6.07, 6.45) is 0.598. The van der Waals surface area contributed by atoms with Crippen LogP contribution in [-0.4, -0.2) is 30.4 Å². The van der Waals surface area contributed by atoms with Crippen molar-refractivity contribution in [1.29, 1.82) is 0 Å². The number of hydrogen-bond acceptors (Lipinski definition) is 3. The molecule has 1 aromatic rings. The van der Waals surface area contributed by atoms with Gasteiger partial charge in [0.1, 0.15) is 18.5 Å². The standard InChI is InChI=1S/C13H21NO2.ClH/c1-3-11(2)14-9-12(15)10-16-13-7-5-4-6-8-13;/h4-8,11-12,14-15H,3,9-10H2,1-2H3;1H. The second-order valence-electron chi connectivity index (χ2n) is 4.00. The van der Waals surface area contributed by atoms with Gasteiger partial charge in [0.25, 0.3) is 0 Å². The Labute approximate surface area is 110 Å². The van der Waals surface area contributed by atoms with Crippen LogP contribution in [0.5, 0.6) is 5.75 Å². The summed E-state index contributed by atoms with van der Waals surface area (Å²) in [7, 11) is 0. The normalized spacial score (nSPS) is 13.6. The summed E-state index contributed by atoms with van der Waals surface area (Å²) in [6.45, 7) is 5.12. The molecule has 0 saturated heterocycles. The van der Waals surface area contributed by atoms with Gasteiger partial charge >= 0.3 is 0 Å². The Morgan fingerprint density at radius 2 is 1.94 bits per heavy atom. The maximum atomic E-state index is 9.67. The van der Waals surface area contributed by atoms with E-state index < -0.39 is 6.10 Å². The molecule has 98 valence electrons. The molecule has 0 fully saturated rings. The van der Waals surface area contributed by atoms with Gasteiger partial charge in [-0.05, 0) is 25.5 Å². The Kier molecular flexibility index (Phi) is 8.86. The van der Waals surface area contributed by atoms with Crippen LogP contribution in [0.4, 0.5) is 0 Å². The third-order valence-electron chi connectivity index (χ3n) is 2.50. The van der Waals surface area contributed by atoms with Crippen LogP contribution in [0, 0.1) is 0 Å². The zero-order chi connectivity index (χ0) is 11.8. The summed E-state index contributed by atoms with van der Waals surface area (Å²) >= 11 is 0. The fraction of sp³-hybridized carbons (Fsp3) is 0.538. The number of benzene rings is 1. The summed E-state index contributed by atoms with van der Waals surface area (Å²) < 4.78 is 5.44. The fourth-order valence-corrected chi connectivity index (χ4v) is 1.25. The monoisotopic (exact) mass is 259 g/mol. The van der Waals surface area contributed by atoms with Crippen LogP contribution in [0.1, 0.15) is 20.3 Å². The van der Waals surface area contributed by atoms with Crippen molar-refractivity contribution in [2.45, 2.75) is 32.4 Å². The number of ether oxygens (including phenoxy) is 1. The number of aliphatic hydroxyl groups excluding tert-OH is 1. The maximum Gasteiger partial charge on any atom is 0.119 e. The SMILES string of the molecule is CCC(C)NCC(O)COc1ccccc1.Cl. The van der Waals surface area contributed by atoms with Crippen LogP contribution in [0.15, 0.2) is 30.3 Å². The molecule has 0 aliphatic heterocycles. The lowest BCUT2D eigenvalue weighted by atomic mass is 10.2. The van der Waals surface area contributed by atoms with Crippen LogP contribution < -0.4 is 10.1 Å². The number of hydrogen-bond donors (Lipinski definition) is 2. The quantitative estimate of drug-likeness (QED) is 0.789. The van der Waals surface area contributed by atoms with Crippen molar-refractivity contribution >= 4 is 12.4 Å². The molecular weight excluding hydrogens is 238 g/mol. The van der Waals surface area contributed by atoms with E-state index in [-0.39, 0.29) is 12.4 Å². The van der Waals surface area contributed by atoms with Gasteiger partial charge in [0, 0.05) is 12.6 Å². The predicted molar refractivity (Wildman–Crippen MR) is 72.9 cm³/mol. The summed E-state index contributed by atoms with van der Waals surface area (Å²) in [6, 6.07) is 9.97.